The number of hydrogen-bond donors (Lipinski definition) is 1. The monoisotopic (exact) mass is 371 g/mol. The van der Waals surface area contributed by atoms with E-state index in [-0.39, 0.29) is 5.91 Å². The van der Waals surface area contributed by atoms with E-state index in [2.05, 4.69) is 15.5 Å². The van der Waals surface area contributed by atoms with Crippen LogP contribution < -0.4 is 5.32 Å². The fourth-order valence-electron chi connectivity index (χ4n) is 3.13. The van der Waals surface area contributed by atoms with Gasteiger partial charge in [-0.05, 0) is 35.7 Å². The third-order valence-corrected chi connectivity index (χ3v) is 4.52. The smallest absolute Gasteiger partial charge is 0.249 e. The van der Waals surface area contributed by atoms with Crippen molar-refractivity contribution >= 4 is 5.91 Å². The van der Waals surface area contributed by atoms with Gasteiger partial charge in [-0.1, -0.05) is 48.5 Å². The summed E-state index contributed by atoms with van der Waals surface area (Å²) in [6.07, 6.45) is 8.02. The van der Waals surface area contributed by atoms with E-state index in [1.54, 1.807) is 17.1 Å². The van der Waals surface area contributed by atoms with Crippen LogP contribution in [0.25, 0.3) is 5.69 Å². The molecule has 0 unspecified atom stereocenters. The van der Waals surface area contributed by atoms with Gasteiger partial charge in [0.1, 0.15) is 0 Å². The first-order valence-corrected chi connectivity index (χ1v) is 9.22. The van der Waals surface area contributed by atoms with Gasteiger partial charge in [0, 0.05) is 25.1 Å². The molecule has 0 aliphatic carbocycles. The van der Waals surface area contributed by atoms with Gasteiger partial charge in [0.05, 0.1) is 11.9 Å². The van der Waals surface area contributed by atoms with Gasteiger partial charge in [-0.3, -0.25) is 9.48 Å². The number of para-hydroxylation sites is 1. The van der Waals surface area contributed by atoms with Crippen molar-refractivity contribution in [2.45, 2.75) is 12.5 Å². The molecule has 1 amide bonds. The van der Waals surface area contributed by atoms with Crippen molar-refractivity contribution < 1.29 is 4.79 Å². The van der Waals surface area contributed by atoms with Crippen LogP contribution >= 0.6 is 0 Å². The van der Waals surface area contributed by atoms with E-state index < -0.39 is 6.04 Å². The van der Waals surface area contributed by atoms with E-state index in [4.69, 9.17) is 0 Å². The number of nitrogens with one attached hydrogen (secondary N) is 1. The molecule has 0 aliphatic heterocycles. The van der Waals surface area contributed by atoms with Crippen molar-refractivity contribution in [2.75, 3.05) is 6.54 Å². The van der Waals surface area contributed by atoms with Crippen LogP contribution in [0.5, 0.6) is 0 Å². The molecule has 1 atom stereocenters. The highest BCUT2D eigenvalue weighted by Crippen LogP contribution is 2.17. The van der Waals surface area contributed by atoms with Gasteiger partial charge in [0.25, 0.3) is 0 Å². The van der Waals surface area contributed by atoms with Crippen molar-refractivity contribution in [1.29, 1.82) is 0 Å². The molecule has 4 aromatic rings. The Morgan fingerprint density at radius 1 is 0.964 bits per heavy atom. The summed E-state index contributed by atoms with van der Waals surface area (Å²) in [5, 5.41) is 11.7. The number of hydrogen-bond acceptors (Lipinski definition) is 3. The molecule has 2 aromatic heterocycles. The number of benzene rings is 2. The zero-order valence-corrected chi connectivity index (χ0v) is 15.3. The largest absolute Gasteiger partial charge is 0.354 e. The maximum absolute atomic E-state index is 12.9. The fraction of sp³-hybridized carbons (Fsp3) is 0.136. The first kappa shape index (κ1) is 17.7. The first-order chi connectivity index (χ1) is 13.8. The molecule has 0 saturated carbocycles. The molecular formula is C22H21N5O. The van der Waals surface area contributed by atoms with Crippen LogP contribution in [0, 0.1) is 0 Å². The summed E-state index contributed by atoms with van der Waals surface area (Å²) in [6, 6.07) is 21.0. The summed E-state index contributed by atoms with van der Waals surface area (Å²) in [6.45, 7) is 0.532. The molecule has 2 aromatic carbocycles. The van der Waals surface area contributed by atoms with Gasteiger partial charge in [-0.15, -0.1) is 0 Å². The predicted octanol–water partition coefficient (Wildman–Crippen LogP) is 3.02. The Morgan fingerprint density at radius 3 is 2.43 bits per heavy atom. The highest BCUT2D eigenvalue weighted by Gasteiger charge is 2.22. The number of nitrogens with zero attached hydrogens (tertiary/aromatic N) is 4. The molecule has 0 saturated heterocycles. The molecule has 140 valence electrons. The Labute approximate surface area is 163 Å². The third-order valence-electron chi connectivity index (χ3n) is 4.52. The summed E-state index contributed by atoms with van der Waals surface area (Å²) >= 11 is 0. The number of aromatic nitrogens is 4. The zero-order valence-electron chi connectivity index (χ0n) is 15.3. The van der Waals surface area contributed by atoms with Gasteiger partial charge in [0.15, 0.2) is 6.04 Å². The molecule has 6 nitrogen and oxygen atoms in total. The predicted molar refractivity (Wildman–Crippen MR) is 107 cm³/mol. The molecule has 6 heteroatoms. The molecular weight excluding hydrogens is 350 g/mol. The molecule has 2 heterocycles. The molecule has 0 aliphatic rings. The Hall–Kier alpha value is -3.67. The Balaban J connectivity index is 1.40. The van der Waals surface area contributed by atoms with Crippen LogP contribution in [0.15, 0.2) is 91.5 Å². The van der Waals surface area contributed by atoms with Crippen LogP contribution in [0.4, 0.5) is 0 Å². The number of carbonyl (C=O) groups is 1. The van der Waals surface area contributed by atoms with Crippen LogP contribution in [0.1, 0.15) is 17.2 Å². The molecule has 28 heavy (non-hydrogen) atoms. The highest BCUT2D eigenvalue weighted by molar-refractivity contribution is 5.83. The van der Waals surface area contributed by atoms with Gasteiger partial charge in [-0.2, -0.15) is 10.2 Å². The van der Waals surface area contributed by atoms with Gasteiger partial charge < -0.3 is 5.32 Å². The first-order valence-electron chi connectivity index (χ1n) is 9.22. The van der Waals surface area contributed by atoms with E-state index in [1.807, 2.05) is 83.8 Å². The Kier molecular flexibility index (Phi) is 5.29. The minimum absolute atomic E-state index is 0.0784. The lowest BCUT2D eigenvalue weighted by Gasteiger charge is -2.17. The van der Waals surface area contributed by atoms with E-state index in [9.17, 15) is 4.79 Å². The van der Waals surface area contributed by atoms with Crippen molar-refractivity contribution in [1.82, 2.24) is 24.9 Å². The summed E-state index contributed by atoms with van der Waals surface area (Å²) in [4.78, 5) is 12.9. The minimum Gasteiger partial charge on any atom is -0.354 e. The molecule has 4 rings (SSSR count). The van der Waals surface area contributed by atoms with E-state index >= 15 is 0 Å². The summed E-state index contributed by atoms with van der Waals surface area (Å²) in [5.74, 6) is -0.0784. The van der Waals surface area contributed by atoms with Crippen molar-refractivity contribution in [2.24, 2.45) is 0 Å². The standard InChI is InChI=1S/C22H21N5O/c28-22(21(26-15-7-13-24-26)19-8-3-1-4-9-19)23-14-12-18-16-25-27(17-18)20-10-5-2-6-11-20/h1-11,13,15-17,21H,12,14H2,(H,23,28)/t21-/m1/s1. The van der Waals surface area contributed by atoms with Gasteiger partial charge in [0.2, 0.25) is 5.91 Å². The van der Waals surface area contributed by atoms with Crippen molar-refractivity contribution in [3.63, 3.8) is 0 Å². The summed E-state index contributed by atoms with van der Waals surface area (Å²) in [5.41, 5.74) is 2.99. The molecule has 0 bridgehead atoms. The lowest BCUT2D eigenvalue weighted by Crippen LogP contribution is -2.34. The van der Waals surface area contributed by atoms with Gasteiger partial charge in [-0.25, -0.2) is 4.68 Å². The SMILES string of the molecule is O=C(NCCc1cnn(-c2ccccc2)c1)[C@@H](c1ccccc1)n1cccn1. The third kappa shape index (κ3) is 4.01. The summed E-state index contributed by atoms with van der Waals surface area (Å²) < 4.78 is 3.52. The topological polar surface area (TPSA) is 64.7 Å². The molecule has 0 spiro atoms. The Morgan fingerprint density at radius 2 is 1.71 bits per heavy atom. The van der Waals surface area contributed by atoms with E-state index in [0.717, 1.165) is 16.8 Å². The van der Waals surface area contributed by atoms with Crippen molar-refractivity contribution in [3.05, 3.63) is 103 Å². The van der Waals surface area contributed by atoms with Crippen LogP contribution in [0.3, 0.4) is 0 Å². The molecule has 0 radical (unpaired) electrons. The van der Waals surface area contributed by atoms with Crippen LogP contribution in [-0.4, -0.2) is 32.0 Å². The second-order valence-electron chi connectivity index (χ2n) is 6.47. The lowest BCUT2D eigenvalue weighted by atomic mass is 10.1. The normalized spacial score (nSPS) is 11.9. The van der Waals surface area contributed by atoms with E-state index in [0.29, 0.717) is 13.0 Å². The Bertz CT molecular complexity index is 1010. The van der Waals surface area contributed by atoms with Crippen LogP contribution in [0.2, 0.25) is 0 Å². The minimum atomic E-state index is -0.483. The molecule has 1 N–H and O–H groups in total. The number of amides is 1. The molecule has 0 fully saturated rings. The van der Waals surface area contributed by atoms with Crippen LogP contribution in [-0.2, 0) is 11.2 Å². The van der Waals surface area contributed by atoms with Gasteiger partial charge >= 0.3 is 0 Å². The number of carbonyl (C=O) groups excluding carboxylic acids is 1. The highest BCUT2D eigenvalue weighted by atomic mass is 16.2. The second kappa shape index (κ2) is 8.35. The summed E-state index contributed by atoms with van der Waals surface area (Å²) in [7, 11) is 0. The second-order valence-corrected chi connectivity index (χ2v) is 6.47. The fourth-order valence-corrected chi connectivity index (χ4v) is 3.13. The van der Waals surface area contributed by atoms with Crippen molar-refractivity contribution in [3.8, 4) is 5.69 Å². The average molecular weight is 371 g/mol. The average Bonchev–Trinajstić information content (AvgIpc) is 3.42. The zero-order chi connectivity index (χ0) is 19.2. The quantitative estimate of drug-likeness (QED) is 0.543. The maximum atomic E-state index is 12.9. The van der Waals surface area contributed by atoms with E-state index in [1.165, 1.54) is 0 Å². The number of rotatable bonds is 7. The maximum Gasteiger partial charge on any atom is 0.249 e. The lowest BCUT2D eigenvalue weighted by molar-refractivity contribution is -0.123.